The molecule has 0 saturated carbocycles. The SMILES string of the molecule is O=C(c1cccc(O[B]Oc2cccc(C(=O)N3CCOCC3)c2)c1)N1CCOCC1. The standard InChI is InChI=1S/C22H24BN2O6/c26-21(24-7-11-28-12-8-24)17-3-1-5-19(15-17)30-23-31-20-6-2-4-18(16-20)22(27)25-9-13-29-14-10-25/h1-6,15-16H,7-14H2. The molecular formula is C22H24BN2O6. The minimum absolute atomic E-state index is 0.0519. The number of nitrogens with zero attached hydrogens (tertiary/aromatic N) is 2. The Morgan fingerprint density at radius 1 is 0.710 bits per heavy atom. The summed E-state index contributed by atoms with van der Waals surface area (Å²) in [5.41, 5.74) is 1.09. The minimum Gasteiger partial charge on any atom is -0.526 e. The van der Waals surface area contributed by atoms with Crippen LogP contribution in [0, 0.1) is 0 Å². The molecule has 0 spiro atoms. The molecule has 0 bridgehead atoms. The maximum atomic E-state index is 12.6. The fourth-order valence-electron chi connectivity index (χ4n) is 3.44. The Hall–Kier alpha value is -3.04. The van der Waals surface area contributed by atoms with Gasteiger partial charge < -0.3 is 28.6 Å². The lowest BCUT2D eigenvalue weighted by Crippen LogP contribution is -2.40. The Kier molecular flexibility index (Phi) is 7.06. The molecule has 2 aromatic rings. The normalized spacial score (nSPS) is 16.5. The van der Waals surface area contributed by atoms with Gasteiger partial charge in [-0.3, -0.25) is 9.59 Å². The van der Waals surface area contributed by atoms with Gasteiger partial charge in [0.1, 0.15) is 11.5 Å². The van der Waals surface area contributed by atoms with Crippen molar-refractivity contribution in [1.29, 1.82) is 0 Å². The van der Waals surface area contributed by atoms with Crippen molar-refractivity contribution in [3.8, 4) is 11.5 Å². The van der Waals surface area contributed by atoms with Gasteiger partial charge in [0.05, 0.1) is 26.4 Å². The van der Waals surface area contributed by atoms with Crippen LogP contribution in [0.1, 0.15) is 20.7 Å². The van der Waals surface area contributed by atoms with Crippen LogP contribution in [0.25, 0.3) is 0 Å². The van der Waals surface area contributed by atoms with E-state index in [2.05, 4.69) is 0 Å². The van der Waals surface area contributed by atoms with E-state index in [1.165, 1.54) is 7.69 Å². The summed E-state index contributed by atoms with van der Waals surface area (Å²) < 4.78 is 21.7. The van der Waals surface area contributed by atoms with Crippen molar-refractivity contribution in [3.63, 3.8) is 0 Å². The van der Waals surface area contributed by atoms with Gasteiger partial charge in [-0.15, -0.1) is 0 Å². The summed E-state index contributed by atoms with van der Waals surface area (Å²) in [4.78, 5) is 28.7. The number of carbonyl (C=O) groups excluding carboxylic acids is 2. The van der Waals surface area contributed by atoms with Crippen LogP contribution in [0.4, 0.5) is 0 Å². The molecule has 9 heteroatoms. The highest BCUT2D eigenvalue weighted by Crippen LogP contribution is 2.18. The van der Waals surface area contributed by atoms with Crippen LogP contribution in [0.5, 0.6) is 11.5 Å². The molecule has 1 radical (unpaired) electrons. The van der Waals surface area contributed by atoms with Crippen molar-refractivity contribution in [3.05, 3.63) is 59.7 Å². The average molecular weight is 423 g/mol. The quantitative estimate of drug-likeness (QED) is 0.658. The third kappa shape index (κ3) is 5.56. The van der Waals surface area contributed by atoms with Crippen LogP contribution < -0.4 is 9.31 Å². The van der Waals surface area contributed by atoms with E-state index in [9.17, 15) is 9.59 Å². The lowest BCUT2D eigenvalue weighted by Gasteiger charge is -2.27. The molecule has 2 saturated heterocycles. The predicted molar refractivity (Wildman–Crippen MR) is 113 cm³/mol. The molecular weight excluding hydrogens is 399 g/mol. The van der Waals surface area contributed by atoms with E-state index >= 15 is 0 Å². The van der Waals surface area contributed by atoms with Crippen molar-refractivity contribution in [1.82, 2.24) is 9.80 Å². The summed E-state index contributed by atoms with van der Waals surface area (Å²) in [5, 5.41) is 0. The predicted octanol–water partition coefficient (Wildman–Crippen LogP) is 1.62. The monoisotopic (exact) mass is 423 g/mol. The summed E-state index contributed by atoms with van der Waals surface area (Å²) in [6.07, 6.45) is 0. The number of hydrogen-bond acceptors (Lipinski definition) is 6. The van der Waals surface area contributed by atoms with E-state index in [0.717, 1.165) is 0 Å². The van der Waals surface area contributed by atoms with Crippen LogP contribution in [0.3, 0.4) is 0 Å². The zero-order valence-corrected chi connectivity index (χ0v) is 17.2. The fraction of sp³-hybridized carbons (Fsp3) is 0.364. The Labute approximate surface area is 181 Å². The van der Waals surface area contributed by atoms with Gasteiger partial charge in [0, 0.05) is 37.3 Å². The van der Waals surface area contributed by atoms with Crippen molar-refractivity contribution in [2.24, 2.45) is 0 Å². The lowest BCUT2D eigenvalue weighted by atomic mass is 10.1. The van der Waals surface area contributed by atoms with Crippen LogP contribution in [0.2, 0.25) is 0 Å². The summed E-state index contributed by atoms with van der Waals surface area (Å²) in [6.45, 7) is 4.54. The van der Waals surface area contributed by atoms with Crippen molar-refractivity contribution in [2.75, 3.05) is 52.6 Å². The molecule has 161 valence electrons. The van der Waals surface area contributed by atoms with Gasteiger partial charge in [0.25, 0.3) is 11.8 Å². The summed E-state index contributed by atoms with van der Waals surface area (Å²) in [6, 6.07) is 13.9. The van der Waals surface area contributed by atoms with Gasteiger partial charge in [-0.25, -0.2) is 0 Å². The van der Waals surface area contributed by atoms with E-state index < -0.39 is 0 Å². The van der Waals surface area contributed by atoms with Gasteiger partial charge in [-0.05, 0) is 36.4 Å². The Morgan fingerprint density at radius 2 is 1.13 bits per heavy atom. The van der Waals surface area contributed by atoms with Gasteiger partial charge in [-0.2, -0.15) is 0 Å². The van der Waals surface area contributed by atoms with Gasteiger partial charge in [0.2, 0.25) is 0 Å². The molecule has 2 aliphatic heterocycles. The molecule has 2 aromatic carbocycles. The fourth-order valence-corrected chi connectivity index (χ4v) is 3.44. The second-order valence-corrected chi connectivity index (χ2v) is 7.20. The molecule has 4 rings (SSSR count). The number of carbonyl (C=O) groups is 2. The van der Waals surface area contributed by atoms with E-state index in [-0.39, 0.29) is 11.8 Å². The molecule has 0 atom stereocenters. The van der Waals surface area contributed by atoms with E-state index in [0.29, 0.717) is 75.2 Å². The average Bonchev–Trinajstić information content (AvgIpc) is 2.84. The number of benzene rings is 2. The van der Waals surface area contributed by atoms with E-state index in [4.69, 9.17) is 18.8 Å². The smallest absolute Gasteiger partial charge is 0.526 e. The first-order valence-electron chi connectivity index (χ1n) is 10.3. The molecule has 2 aliphatic rings. The Morgan fingerprint density at radius 3 is 1.55 bits per heavy atom. The highest BCUT2D eigenvalue weighted by molar-refractivity contribution is 6.20. The summed E-state index contributed by atoms with van der Waals surface area (Å²) in [5.74, 6) is 0.868. The van der Waals surface area contributed by atoms with Crippen LogP contribution in [-0.4, -0.2) is 81.9 Å². The molecule has 2 heterocycles. The molecule has 0 unspecified atom stereocenters. The van der Waals surface area contributed by atoms with Crippen LogP contribution in [-0.2, 0) is 9.47 Å². The highest BCUT2D eigenvalue weighted by Gasteiger charge is 2.20. The van der Waals surface area contributed by atoms with Gasteiger partial charge in [0.15, 0.2) is 0 Å². The summed E-state index contributed by atoms with van der Waals surface area (Å²) in [7, 11) is 1.19. The minimum atomic E-state index is -0.0519. The molecule has 2 fully saturated rings. The van der Waals surface area contributed by atoms with Gasteiger partial charge in [-0.1, -0.05) is 12.1 Å². The first-order valence-corrected chi connectivity index (χ1v) is 10.3. The second kappa shape index (κ2) is 10.3. The largest absolute Gasteiger partial charge is 0.658 e. The van der Waals surface area contributed by atoms with E-state index in [1.54, 1.807) is 58.3 Å². The third-order valence-corrected chi connectivity index (χ3v) is 5.13. The zero-order valence-electron chi connectivity index (χ0n) is 17.2. The van der Waals surface area contributed by atoms with Gasteiger partial charge >= 0.3 is 7.69 Å². The molecule has 0 aromatic heterocycles. The number of hydrogen-bond donors (Lipinski definition) is 0. The van der Waals surface area contributed by atoms with Crippen LogP contribution in [0.15, 0.2) is 48.5 Å². The topological polar surface area (TPSA) is 77.5 Å². The molecule has 31 heavy (non-hydrogen) atoms. The molecule has 0 aliphatic carbocycles. The number of ether oxygens (including phenoxy) is 2. The van der Waals surface area contributed by atoms with Crippen LogP contribution >= 0.6 is 0 Å². The van der Waals surface area contributed by atoms with E-state index in [1.807, 2.05) is 0 Å². The maximum Gasteiger partial charge on any atom is 0.658 e. The second-order valence-electron chi connectivity index (χ2n) is 7.20. The molecule has 2 amide bonds. The summed E-state index contributed by atoms with van der Waals surface area (Å²) >= 11 is 0. The molecule has 8 nitrogen and oxygen atoms in total. The first kappa shape index (κ1) is 21.2. The number of morpholine rings is 2. The number of rotatable bonds is 6. The molecule has 0 N–H and O–H groups in total. The van der Waals surface area contributed by atoms with Crippen molar-refractivity contribution in [2.45, 2.75) is 0 Å². The zero-order chi connectivity index (χ0) is 21.5. The number of amides is 2. The van der Waals surface area contributed by atoms with Crippen molar-refractivity contribution >= 4 is 19.5 Å². The Bertz CT molecular complexity index is 839. The maximum absolute atomic E-state index is 12.6. The first-order chi connectivity index (χ1) is 15.2. The van der Waals surface area contributed by atoms with Crippen molar-refractivity contribution < 1.29 is 28.4 Å². The Balaban J connectivity index is 1.32. The highest BCUT2D eigenvalue weighted by atomic mass is 16.6. The lowest BCUT2D eigenvalue weighted by molar-refractivity contribution is 0.0301. The third-order valence-electron chi connectivity index (χ3n) is 5.13.